The van der Waals surface area contributed by atoms with Crippen LogP contribution in [0.2, 0.25) is 5.02 Å². The molecule has 0 saturated carbocycles. The standard InChI is InChI=1S/C11H9ClFN3O/c12-7-1-2-9(13)8(5-7)11(17)16-6-10-14-3-4-15-10/h1-5H,6H2,(H,14,15)(H,16,17). The highest BCUT2D eigenvalue weighted by Crippen LogP contribution is 2.14. The number of amides is 1. The van der Waals surface area contributed by atoms with Crippen molar-refractivity contribution in [1.29, 1.82) is 0 Å². The Morgan fingerprint density at radius 1 is 1.53 bits per heavy atom. The molecule has 0 saturated heterocycles. The Kier molecular flexibility index (Phi) is 3.39. The lowest BCUT2D eigenvalue weighted by Gasteiger charge is -2.04. The first-order valence-corrected chi connectivity index (χ1v) is 5.26. The molecule has 2 N–H and O–H groups in total. The minimum absolute atomic E-state index is 0.0796. The summed E-state index contributed by atoms with van der Waals surface area (Å²) in [5, 5.41) is 2.85. The number of rotatable bonds is 3. The summed E-state index contributed by atoms with van der Waals surface area (Å²) in [6.45, 7) is 0.206. The van der Waals surface area contributed by atoms with E-state index in [1.807, 2.05) is 0 Å². The molecule has 0 atom stereocenters. The zero-order valence-electron chi connectivity index (χ0n) is 8.71. The molecule has 1 aromatic carbocycles. The highest BCUT2D eigenvalue weighted by Gasteiger charge is 2.12. The van der Waals surface area contributed by atoms with E-state index in [4.69, 9.17) is 11.6 Å². The average molecular weight is 254 g/mol. The molecule has 4 nitrogen and oxygen atoms in total. The molecule has 0 spiro atoms. The van der Waals surface area contributed by atoms with E-state index in [1.54, 1.807) is 12.4 Å². The number of H-pyrrole nitrogens is 1. The van der Waals surface area contributed by atoms with Gasteiger partial charge in [-0.05, 0) is 18.2 Å². The van der Waals surface area contributed by atoms with Crippen LogP contribution in [0.5, 0.6) is 0 Å². The lowest BCUT2D eigenvalue weighted by molar-refractivity contribution is 0.0946. The number of aromatic amines is 1. The Labute approximate surface area is 102 Å². The van der Waals surface area contributed by atoms with Gasteiger partial charge in [0.1, 0.15) is 11.6 Å². The van der Waals surface area contributed by atoms with Crippen LogP contribution < -0.4 is 5.32 Å². The molecule has 1 amide bonds. The largest absolute Gasteiger partial charge is 0.347 e. The minimum atomic E-state index is -0.605. The third kappa shape index (κ3) is 2.82. The highest BCUT2D eigenvalue weighted by molar-refractivity contribution is 6.30. The summed E-state index contributed by atoms with van der Waals surface area (Å²) < 4.78 is 13.3. The molecule has 1 heterocycles. The summed E-state index contributed by atoms with van der Waals surface area (Å²) in [7, 11) is 0. The molecule has 0 fully saturated rings. The molecular formula is C11H9ClFN3O. The quantitative estimate of drug-likeness (QED) is 0.880. The van der Waals surface area contributed by atoms with E-state index in [9.17, 15) is 9.18 Å². The summed E-state index contributed by atoms with van der Waals surface area (Å²) >= 11 is 5.70. The maximum absolute atomic E-state index is 13.3. The first-order valence-electron chi connectivity index (χ1n) is 4.88. The van der Waals surface area contributed by atoms with Crippen LogP contribution >= 0.6 is 11.6 Å². The molecule has 0 radical (unpaired) electrons. The molecule has 0 bridgehead atoms. The fraction of sp³-hybridized carbons (Fsp3) is 0.0909. The van der Waals surface area contributed by atoms with E-state index in [0.717, 1.165) is 6.07 Å². The molecule has 0 aliphatic heterocycles. The van der Waals surface area contributed by atoms with Crippen molar-refractivity contribution in [1.82, 2.24) is 15.3 Å². The third-order valence-corrected chi connectivity index (χ3v) is 2.38. The van der Waals surface area contributed by atoms with Crippen LogP contribution in [-0.4, -0.2) is 15.9 Å². The van der Waals surface area contributed by atoms with E-state index >= 15 is 0 Å². The number of hydrogen-bond donors (Lipinski definition) is 2. The van der Waals surface area contributed by atoms with Crippen LogP contribution in [0, 0.1) is 5.82 Å². The Balaban J connectivity index is 2.07. The fourth-order valence-corrected chi connectivity index (χ4v) is 1.50. The first-order chi connectivity index (χ1) is 8.16. The normalized spacial score (nSPS) is 10.2. The number of hydrogen-bond acceptors (Lipinski definition) is 2. The first kappa shape index (κ1) is 11.6. The van der Waals surface area contributed by atoms with Crippen molar-refractivity contribution < 1.29 is 9.18 Å². The monoisotopic (exact) mass is 253 g/mol. The second-order valence-corrected chi connectivity index (χ2v) is 3.78. The lowest BCUT2D eigenvalue weighted by atomic mass is 10.2. The van der Waals surface area contributed by atoms with Gasteiger partial charge in [0.15, 0.2) is 0 Å². The van der Waals surface area contributed by atoms with Crippen molar-refractivity contribution >= 4 is 17.5 Å². The Bertz CT molecular complexity index is 528. The summed E-state index contributed by atoms with van der Waals surface area (Å²) in [6, 6.07) is 3.83. The van der Waals surface area contributed by atoms with E-state index < -0.39 is 11.7 Å². The maximum atomic E-state index is 13.3. The molecule has 0 unspecified atom stereocenters. The number of benzene rings is 1. The number of halogens is 2. The number of aromatic nitrogens is 2. The van der Waals surface area contributed by atoms with Gasteiger partial charge in [0.2, 0.25) is 0 Å². The van der Waals surface area contributed by atoms with Crippen LogP contribution in [0.3, 0.4) is 0 Å². The van der Waals surface area contributed by atoms with Crippen LogP contribution in [0.15, 0.2) is 30.6 Å². The van der Waals surface area contributed by atoms with Crippen LogP contribution in [0.4, 0.5) is 4.39 Å². The van der Waals surface area contributed by atoms with Crippen molar-refractivity contribution in [2.45, 2.75) is 6.54 Å². The minimum Gasteiger partial charge on any atom is -0.347 e. The lowest BCUT2D eigenvalue weighted by Crippen LogP contribution is -2.24. The zero-order chi connectivity index (χ0) is 12.3. The number of nitrogens with zero attached hydrogens (tertiary/aromatic N) is 1. The fourth-order valence-electron chi connectivity index (χ4n) is 1.33. The molecular weight excluding hydrogens is 245 g/mol. The van der Waals surface area contributed by atoms with Gasteiger partial charge in [0.25, 0.3) is 5.91 Å². The van der Waals surface area contributed by atoms with E-state index in [2.05, 4.69) is 15.3 Å². The van der Waals surface area contributed by atoms with E-state index in [1.165, 1.54) is 12.1 Å². The van der Waals surface area contributed by atoms with Crippen molar-refractivity contribution in [3.05, 3.63) is 52.8 Å². The summed E-state index contributed by atoms with van der Waals surface area (Å²) in [4.78, 5) is 18.4. The SMILES string of the molecule is O=C(NCc1ncc[nH]1)c1cc(Cl)ccc1F. The smallest absolute Gasteiger partial charge is 0.254 e. The Morgan fingerprint density at radius 2 is 2.35 bits per heavy atom. The van der Waals surface area contributed by atoms with Gasteiger partial charge in [-0.1, -0.05) is 11.6 Å². The number of imidazole rings is 1. The third-order valence-electron chi connectivity index (χ3n) is 2.14. The Morgan fingerprint density at radius 3 is 3.06 bits per heavy atom. The predicted molar refractivity (Wildman–Crippen MR) is 61.2 cm³/mol. The van der Waals surface area contributed by atoms with Crippen LogP contribution in [0.1, 0.15) is 16.2 Å². The second kappa shape index (κ2) is 4.97. The topological polar surface area (TPSA) is 57.8 Å². The van der Waals surface area contributed by atoms with Crippen LogP contribution in [0.25, 0.3) is 0 Å². The number of carbonyl (C=O) groups excluding carboxylic acids is 1. The number of carbonyl (C=O) groups is 1. The van der Waals surface area contributed by atoms with Gasteiger partial charge in [-0.2, -0.15) is 0 Å². The van der Waals surface area contributed by atoms with Crippen molar-refractivity contribution in [3.8, 4) is 0 Å². The summed E-state index contributed by atoms with van der Waals surface area (Å²) in [5.41, 5.74) is -0.0796. The molecule has 2 rings (SSSR count). The molecule has 0 aliphatic rings. The molecule has 0 aliphatic carbocycles. The average Bonchev–Trinajstić information content (AvgIpc) is 2.82. The van der Waals surface area contributed by atoms with Crippen molar-refractivity contribution in [2.24, 2.45) is 0 Å². The maximum Gasteiger partial charge on any atom is 0.254 e. The molecule has 6 heteroatoms. The second-order valence-electron chi connectivity index (χ2n) is 3.34. The zero-order valence-corrected chi connectivity index (χ0v) is 9.46. The molecule has 1 aromatic heterocycles. The van der Waals surface area contributed by atoms with E-state index in [-0.39, 0.29) is 12.1 Å². The van der Waals surface area contributed by atoms with E-state index in [0.29, 0.717) is 10.8 Å². The van der Waals surface area contributed by atoms with Gasteiger partial charge in [0.05, 0.1) is 12.1 Å². The van der Waals surface area contributed by atoms with Gasteiger partial charge in [-0.3, -0.25) is 4.79 Å². The van der Waals surface area contributed by atoms with Gasteiger partial charge in [0, 0.05) is 17.4 Å². The molecule has 17 heavy (non-hydrogen) atoms. The van der Waals surface area contributed by atoms with Gasteiger partial charge in [-0.25, -0.2) is 9.37 Å². The predicted octanol–water partition coefficient (Wildman–Crippen LogP) is 2.13. The van der Waals surface area contributed by atoms with Crippen molar-refractivity contribution in [3.63, 3.8) is 0 Å². The molecule has 88 valence electrons. The summed E-state index contributed by atoms with van der Waals surface area (Å²) in [5.74, 6) is -0.534. The number of nitrogens with one attached hydrogen (secondary N) is 2. The van der Waals surface area contributed by atoms with Gasteiger partial charge >= 0.3 is 0 Å². The van der Waals surface area contributed by atoms with Gasteiger partial charge < -0.3 is 10.3 Å². The molecule has 2 aromatic rings. The Hall–Kier alpha value is -1.88. The van der Waals surface area contributed by atoms with Crippen molar-refractivity contribution in [2.75, 3.05) is 0 Å². The summed E-state index contributed by atoms with van der Waals surface area (Å²) in [6.07, 6.45) is 3.21. The van der Waals surface area contributed by atoms with Crippen LogP contribution in [-0.2, 0) is 6.54 Å². The van der Waals surface area contributed by atoms with Gasteiger partial charge in [-0.15, -0.1) is 0 Å². The highest BCUT2D eigenvalue weighted by atomic mass is 35.5.